The summed E-state index contributed by atoms with van der Waals surface area (Å²) in [6, 6.07) is 11.4. The summed E-state index contributed by atoms with van der Waals surface area (Å²) in [4.78, 5) is 28.8. The molecule has 0 saturated carbocycles. The van der Waals surface area contributed by atoms with Gasteiger partial charge in [-0.25, -0.2) is 0 Å². The number of anilines is 1. The summed E-state index contributed by atoms with van der Waals surface area (Å²) in [6.45, 7) is 0.258. The molecule has 1 unspecified atom stereocenters. The first-order valence-corrected chi connectivity index (χ1v) is 9.03. The zero-order valence-electron chi connectivity index (χ0n) is 15.2. The molecule has 150 valence electrons. The van der Waals surface area contributed by atoms with Crippen molar-refractivity contribution in [1.82, 2.24) is 4.98 Å². The molecule has 2 heterocycles. The van der Waals surface area contributed by atoms with Crippen molar-refractivity contribution in [2.75, 3.05) is 18.1 Å². The number of amides is 1. The van der Waals surface area contributed by atoms with E-state index in [1.165, 1.54) is 29.2 Å². The Balaban J connectivity index is 1.79. The molecule has 8 heteroatoms. The third-order valence-electron chi connectivity index (χ3n) is 5.13. The Morgan fingerprint density at radius 1 is 1.10 bits per heavy atom. The number of carbonyl (C=O) groups is 1. The summed E-state index contributed by atoms with van der Waals surface area (Å²) in [5.41, 5.74) is -0.886. The first-order chi connectivity index (χ1) is 13.8. The average molecular weight is 402 g/mol. The number of aliphatic hydroxyl groups excluding tert-OH is 1. The van der Waals surface area contributed by atoms with Gasteiger partial charge >= 0.3 is 6.18 Å². The fourth-order valence-electron chi connectivity index (χ4n) is 3.68. The fourth-order valence-corrected chi connectivity index (χ4v) is 3.68. The van der Waals surface area contributed by atoms with Gasteiger partial charge in [-0.15, -0.1) is 0 Å². The number of aromatic amines is 1. The lowest BCUT2D eigenvalue weighted by Crippen LogP contribution is -2.25. The van der Waals surface area contributed by atoms with Crippen LogP contribution in [0.2, 0.25) is 0 Å². The van der Waals surface area contributed by atoms with Crippen LogP contribution in [0.1, 0.15) is 12.0 Å². The second-order valence-electron chi connectivity index (χ2n) is 7.08. The van der Waals surface area contributed by atoms with Crippen molar-refractivity contribution in [3.05, 3.63) is 64.4 Å². The van der Waals surface area contributed by atoms with Crippen LogP contribution in [0, 0.1) is 5.92 Å². The van der Waals surface area contributed by atoms with E-state index in [2.05, 4.69) is 4.98 Å². The molecule has 0 radical (unpaired) electrons. The number of hydrogen-bond donors (Lipinski definition) is 2. The molecular formula is C21H17F3N2O3. The van der Waals surface area contributed by atoms with Gasteiger partial charge in [0.05, 0.1) is 5.56 Å². The van der Waals surface area contributed by atoms with Gasteiger partial charge in [0.1, 0.15) is 0 Å². The van der Waals surface area contributed by atoms with E-state index in [9.17, 15) is 27.9 Å². The number of aliphatic hydroxyl groups is 1. The van der Waals surface area contributed by atoms with Crippen LogP contribution in [0.25, 0.3) is 22.0 Å². The molecule has 2 N–H and O–H groups in total. The minimum Gasteiger partial charge on any atom is -0.396 e. The molecular weight excluding hydrogens is 385 g/mol. The van der Waals surface area contributed by atoms with Crippen LogP contribution in [0.3, 0.4) is 0 Å². The van der Waals surface area contributed by atoms with Gasteiger partial charge in [0.25, 0.3) is 5.56 Å². The van der Waals surface area contributed by atoms with Gasteiger partial charge in [-0.3, -0.25) is 9.59 Å². The Kier molecular flexibility index (Phi) is 4.66. The Labute approximate surface area is 163 Å². The molecule has 0 bridgehead atoms. The lowest BCUT2D eigenvalue weighted by atomic mass is 10.0. The Bertz CT molecular complexity index is 1150. The van der Waals surface area contributed by atoms with Gasteiger partial charge in [-0.2, -0.15) is 13.2 Å². The summed E-state index contributed by atoms with van der Waals surface area (Å²) in [6.07, 6.45) is -4.32. The van der Waals surface area contributed by atoms with Crippen molar-refractivity contribution in [1.29, 1.82) is 0 Å². The topological polar surface area (TPSA) is 73.4 Å². The maximum Gasteiger partial charge on any atom is 0.417 e. The number of nitrogens with one attached hydrogen (secondary N) is 1. The van der Waals surface area contributed by atoms with Crippen LogP contribution in [0.15, 0.2) is 53.3 Å². The van der Waals surface area contributed by atoms with Crippen LogP contribution in [-0.4, -0.2) is 29.1 Å². The minimum atomic E-state index is -4.55. The third kappa shape index (κ3) is 3.51. The number of benzene rings is 2. The lowest BCUT2D eigenvalue weighted by molar-refractivity contribution is -0.137. The Morgan fingerprint density at radius 3 is 2.55 bits per heavy atom. The zero-order chi connectivity index (χ0) is 20.8. The van der Waals surface area contributed by atoms with Crippen molar-refractivity contribution in [3.63, 3.8) is 0 Å². The van der Waals surface area contributed by atoms with Crippen molar-refractivity contribution in [2.24, 2.45) is 5.92 Å². The maximum atomic E-state index is 13.3. The van der Waals surface area contributed by atoms with Crippen molar-refractivity contribution in [3.8, 4) is 11.3 Å². The van der Waals surface area contributed by atoms with Crippen molar-refractivity contribution < 1.29 is 23.1 Å². The highest BCUT2D eigenvalue weighted by Crippen LogP contribution is 2.36. The van der Waals surface area contributed by atoms with Crippen LogP contribution >= 0.6 is 0 Å². The first kappa shape index (κ1) is 19.2. The summed E-state index contributed by atoms with van der Waals surface area (Å²) in [7, 11) is 0. The Hall–Kier alpha value is -3.13. The van der Waals surface area contributed by atoms with Crippen molar-refractivity contribution >= 4 is 22.4 Å². The molecule has 1 aliphatic rings. The predicted octanol–water partition coefficient (Wildman–Crippen LogP) is 3.56. The Morgan fingerprint density at radius 2 is 1.86 bits per heavy atom. The molecule has 0 spiro atoms. The summed E-state index contributed by atoms with van der Waals surface area (Å²) in [5, 5.41) is 10.0. The largest absolute Gasteiger partial charge is 0.417 e. The normalized spacial score (nSPS) is 17.3. The van der Waals surface area contributed by atoms with Gasteiger partial charge in [0.2, 0.25) is 5.91 Å². The predicted molar refractivity (Wildman–Crippen MR) is 103 cm³/mol. The van der Waals surface area contributed by atoms with E-state index in [-0.39, 0.29) is 41.5 Å². The van der Waals surface area contributed by atoms with E-state index in [0.29, 0.717) is 17.6 Å². The minimum absolute atomic E-state index is 0.0702. The maximum absolute atomic E-state index is 13.3. The van der Waals surface area contributed by atoms with Gasteiger partial charge in [0.15, 0.2) is 0 Å². The molecule has 0 aliphatic carbocycles. The molecule has 3 aromatic rings. The summed E-state index contributed by atoms with van der Waals surface area (Å²) >= 11 is 0. The SMILES string of the molecule is O=C1CC(CO)CN1c1ccc2cc(-c3ccccc3C(F)(F)F)[nH]c(=O)c2c1. The fraction of sp³-hybridized carbons (Fsp3) is 0.238. The van der Waals surface area contributed by atoms with Crippen LogP contribution < -0.4 is 10.5 Å². The number of fused-ring (bicyclic) bond motifs is 1. The molecule has 4 rings (SSSR count). The highest BCUT2D eigenvalue weighted by Gasteiger charge is 2.34. The van der Waals surface area contributed by atoms with E-state index < -0.39 is 17.3 Å². The molecule has 2 aromatic carbocycles. The standard InChI is InChI=1S/C21H17F3N2O3/c22-21(23,24)17-4-2-1-3-15(17)18-8-13-5-6-14(9-16(13)20(29)25-18)26-10-12(11-27)7-19(26)28/h1-6,8-9,12,27H,7,10-11H2,(H,25,29). The number of H-pyrrole nitrogens is 1. The molecule has 5 nitrogen and oxygen atoms in total. The molecule has 1 aromatic heterocycles. The van der Waals surface area contributed by atoms with Crippen LogP contribution in [0.5, 0.6) is 0 Å². The summed E-state index contributed by atoms with van der Waals surface area (Å²) < 4.78 is 40.0. The van der Waals surface area contributed by atoms with Crippen LogP contribution in [-0.2, 0) is 11.0 Å². The number of aromatic nitrogens is 1. The monoisotopic (exact) mass is 402 g/mol. The second kappa shape index (κ2) is 7.04. The quantitative estimate of drug-likeness (QED) is 0.704. The molecule has 1 fully saturated rings. The number of nitrogens with zero attached hydrogens (tertiary/aromatic N) is 1. The highest BCUT2D eigenvalue weighted by atomic mass is 19.4. The molecule has 1 atom stereocenters. The van der Waals surface area contributed by atoms with E-state index in [0.717, 1.165) is 6.07 Å². The van der Waals surface area contributed by atoms with Gasteiger partial charge in [-0.05, 0) is 29.7 Å². The second-order valence-corrected chi connectivity index (χ2v) is 7.08. The van der Waals surface area contributed by atoms with Gasteiger partial charge in [0, 0.05) is 47.8 Å². The zero-order valence-corrected chi connectivity index (χ0v) is 15.2. The number of hydrogen-bond acceptors (Lipinski definition) is 3. The molecule has 1 amide bonds. The van der Waals surface area contributed by atoms with Crippen LogP contribution in [0.4, 0.5) is 18.9 Å². The number of rotatable bonds is 3. The molecule has 29 heavy (non-hydrogen) atoms. The van der Waals surface area contributed by atoms with E-state index in [1.54, 1.807) is 18.2 Å². The summed E-state index contributed by atoms with van der Waals surface area (Å²) in [5.74, 6) is -0.298. The highest BCUT2D eigenvalue weighted by molar-refractivity contribution is 5.98. The first-order valence-electron chi connectivity index (χ1n) is 9.03. The van der Waals surface area contributed by atoms with E-state index >= 15 is 0 Å². The average Bonchev–Trinajstić information content (AvgIpc) is 3.08. The number of halogens is 3. The van der Waals surface area contributed by atoms with Gasteiger partial charge in [-0.1, -0.05) is 24.3 Å². The lowest BCUT2D eigenvalue weighted by Gasteiger charge is -2.17. The number of alkyl halides is 3. The van der Waals surface area contributed by atoms with E-state index in [4.69, 9.17) is 0 Å². The van der Waals surface area contributed by atoms with E-state index in [1.807, 2.05) is 0 Å². The smallest absolute Gasteiger partial charge is 0.396 e. The number of pyridine rings is 1. The molecule has 1 saturated heterocycles. The van der Waals surface area contributed by atoms with Gasteiger partial charge < -0.3 is 15.0 Å². The van der Waals surface area contributed by atoms with Crippen molar-refractivity contribution in [2.45, 2.75) is 12.6 Å². The number of carbonyl (C=O) groups excluding carboxylic acids is 1. The third-order valence-corrected chi connectivity index (χ3v) is 5.13. The molecule has 1 aliphatic heterocycles.